The van der Waals surface area contributed by atoms with Gasteiger partial charge in [0.1, 0.15) is 11.2 Å². The molecule has 10 aromatic rings. The summed E-state index contributed by atoms with van der Waals surface area (Å²) in [5.41, 5.74) is 4.34. The fraction of sp³-hybridized carbons (Fsp3) is 0. The van der Waals surface area contributed by atoms with Crippen LogP contribution in [-0.2, 0) is 0 Å². The minimum absolute atomic E-state index is 0.0649. The van der Waals surface area contributed by atoms with Crippen LogP contribution in [0.2, 0.25) is 0 Å². The van der Waals surface area contributed by atoms with Crippen molar-refractivity contribution >= 4 is 54.5 Å². The highest BCUT2D eigenvalue weighted by Crippen LogP contribution is 2.35. The van der Waals surface area contributed by atoms with E-state index in [1.165, 1.54) is 4.57 Å². The normalized spacial score (nSPS) is 14.1. The van der Waals surface area contributed by atoms with Crippen LogP contribution in [0.15, 0.2) is 162 Å². The molecule has 0 aliphatic carbocycles. The van der Waals surface area contributed by atoms with Crippen molar-refractivity contribution in [1.82, 2.24) is 19.5 Å². The Balaban J connectivity index is 1.25. The van der Waals surface area contributed by atoms with Gasteiger partial charge in [0.25, 0.3) is 0 Å². The third-order valence-corrected chi connectivity index (χ3v) is 8.72. The molecule has 5 heteroatoms. The third kappa shape index (κ3) is 4.22. The molecule has 0 radical (unpaired) electrons. The molecule has 224 valence electrons. The summed E-state index contributed by atoms with van der Waals surface area (Å²) in [5.74, 6) is 0.349. The number of nitrogens with zero attached hydrogens (tertiary/aromatic N) is 4. The first kappa shape index (κ1) is 19.8. The van der Waals surface area contributed by atoms with Crippen LogP contribution in [0, 0.1) is 0 Å². The quantitative estimate of drug-likeness (QED) is 0.196. The van der Waals surface area contributed by atoms with Gasteiger partial charge in [-0.3, -0.25) is 4.57 Å². The van der Waals surface area contributed by atoms with E-state index in [2.05, 4.69) is 30.3 Å². The fourth-order valence-corrected chi connectivity index (χ4v) is 6.39. The maximum atomic E-state index is 9.02. The Morgan fingerprint density at radius 3 is 1.85 bits per heavy atom. The van der Waals surface area contributed by atoms with Gasteiger partial charge in [0.2, 0.25) is 5.95 Å². The van der Waals surface area contributed by atoms with E-state index in [0.717, 1.165) is 38.3 Å². The topological polar surface area (TPSA) is 56.7 Å². The van der Waals surface area contributed by atoms with Crippen LogP contribution in [0.5, 0.6) is 0 Å². The van der Waals surface area contributed by atoms with Crippen molar-refractivity contribution in [3.05, 3.63) is 158 Å². The Labute approximate surface area is 286 Å². The Bertz CT molecular complexity index is 3230. The van der Waals surface area contributed by atoms with Gasteiger partial charge < -0.3 is 4.42 Å². The standard InChI is InChI=1S/C43H26N4O/c1-2-10-30-25-31(22-19-27(30)9-1)28-17-20-29(21-18-28)41-44-42(32-23-24-36-35-13-5-8-16-39(35)48-40(36)26-32)46-43(45-41)47-37-14-6-3-11-33(37)34-12-4-7-15-38(34)47/h1-26H/i3D,4D,6D,7D,11D,12D,14D,15D. The minimum atomic E-state index is -0.532. The maximum Gasteiger partial charge on any atom is 0.238 e. The zero-order chi connectivity index (χ0) is 38.6. The molecule has 0 aliphatic heterocycles. The van der Waals surface area contributed by atoms with Gasteiger partial charge in [0.05, 0.1) is 22.0 Å². The molecule has 7 aromatic carbocycles. The van der Waals surface area contributed by atoms with Crippen molar-refractivity contribution in [2.75, 3.05) is 0 Å². The molecule has 10 rings (SSSR count). The molecule has 0 amide bonds. The second-order valence-electron chi connectivity index (χ2n) is 11.5. The lowest BCUT2D eigenvalue weighted by Crippen LogP contribution is -2.06. The number of furan rings is 1. The summed E-state index contributed by atoms with van der Waals surface area (Å²) in [5, 5.41) is 3.97. The van der Waals surface area contributed by atoms with Crippen LogP contribution in [0.1, 0.15) is 11.0 Å². The van der Waals surface area contributed by atoms with E-state index in [1.807, 2.05) is 78.9 Å². The lowest BCUT2D eigenvalue weighted by atomic mass is 10.0. The summed E-state index contributed by atoms with van der Waals surface area (Å²) >= 11 is 0. The molecule has 3 aromatic heterocycles. The van der Waals surface area contributed by atoms with Crippen LogP contribution >= 0.6 is 0 Å². The van der Waals surface area contributed by atoms with E-state index in [1.54, 1.807) is 0 Å². The molecule has 0 fully saturated rings. The first-order valence-corrected chi connectivity index (χ1v) is 15.4. The molecule has 5 nitrogen and oxygen atoms in total. The predicted molar refractivity (Wildman–Crippen MR) is 195 cm³/mol. The monoisotopic (exact) mass is 622 g/mol. The van der Waals surface area contributed by atoms with E-state index in [4.69, 9.17) is 30.3 Å². The molecule has 0 saturated heterocycles. The molecule has 48 heavy (non-hydrogen) atoms. The van der Waals surface area contributed by atoms with Crippen LogP contribution in [0.25, 0.3) is 94.4 Å². The van der Waals surface area contributed by atoms with Crippen LogP contribution < -0.4 is 0 Å². The summed E-state index contributed by atoms with van der Waals surface area (Å²) in [6.45, 7) is 0. The molecule has 0 saturated carbocycles. The molecule has 0 spiro atoms. The maximum absolute atomic E-state index is 9.02. The zero-order valence-corrected chi connectivity index (χ0v) is 25.1. The van der Waals surface area contributed by atoms with Crippen LogP contribution in [0.4, 0.5) is 0 Å². The minimum Gasteiger partial charge on any atom is -0.456 e. The Morgan fingerprint density at radius 2 is 1.06 bits per heavy atom. The number of rotatable bonds is 4. The molecular weight excluding hydrogens is 589 g/mol. The van der Waals surface area contributed by atoms with Crippen molar-refractivity contribution in [3.8, 4) is 39.9 Å². The smallest absolute Gasteiger partial charge is 0.238 e. The predicted octanol–water partition coefficient (Wildman–Crippen LogP) is 11.0. The largest absolute Gasteiger partial charge is 0.456 e. The van der Waals surface area contributed by atoms with Crippen molar-refractivity contribution < 1.29 is 15.4 Å². The summed E-state index contributed by atoms with van der Waals surface area (Å²) < 4.78 is 77.3. The van der Waals surface area contributed by atoms with Gasteiger partial charge >= 0.3 is 0 Å². The van der Waals surface area contributed by atoms with Crippen LogP contribution in [-0.4, -0.2) is 19.5 Å². The van der Waals surface area contributed by atoms with Gasteiger partial charge in [0, 0.05) is 32.7 Å². The molecule has 0 atom stereocenters. The number of hydrogen-bond donors (Lipinski definition) is 0. The van der Waals surface area contributed by atoms with E-state index in [9.17, 15) is 0 Å². The van der Waals surface area contributed by atoms with E-state index in [0.29, 0.717) is 16.7 Å². The highest BCUT2D eigenvalue weighted by Gasteiger charge is 2.18. The lowest BCUT2D eigenvalue weighted by Gasteiger charge is -2.11. The molecular formula is C43H26N4O. The van der Waals surface area contributed by atoms with Gasteiger partial charge in [-0.2, -0.15) is 9.97 Å². The average molecular weight is 623 g/mol. The van der Waals surface area contributed by atoms with Crippen molar-refractivity contribution in [1.29, 1.82) is 0 Å². The lowest BCUT2D eigenvalue weighted by molar-refractivity contribution is 0.669. The summed E-state index contributed by atoms with van der Waals surface area (Å²) in [6.07, 6.45) is 0. The van der Waals surface area contributed by atoms with E-state index in [-0.39, 0.29) is 39.4 Å². The number of aromatic nitrogens is 4. The molecule has 0 N–H and O–H groups in total. The number of para-hydroxylation sites is 3. The van der Waals surface area contributed by atoms with E-state index < -0.39 is 48.3 Å². The van der Waals surface area contributed by atoms with Gasteiger partial charge in [-0.1, -0.05) is 121 Å². The molecule has 0 unspecified atom stereocenters. The van der Waals surface area contributed by atoms with Gasteiger partial charge in [-0.05, 0) is 58.2 Å². The highest BCUT2D eigenvalue weighted by molar-refractivity contribution is 6.09. The van der Waals surface area contributed by atoms with Gasteiger partial charge in [-0.25, -0.2) is 4.98 Å². The first-order chi connectivity index (χ1) is 27.1. The SMILES string of the molecule is [2H]c1c([2H])c([2H])c2c(c1[2H])c1c([2H])c([2H])c([2H])c([2H])c1n2-c1nc(-c2ccc(-c3ccc4ccccc4c3)cc2)nc(-c2ccc3c(c2)oc2ccccc23)n1. The molecule has 3 heterocycles. The molecule has 0 aliphatic rings. The second kappa shape index (κ2) is 10.5. The second-order valence-corrected chi connectivity index (χ2v) is 11.5. The van der Waals surface area contributed by atoms with Gasteiger partial charge in [-0.15, -0.1) is 0 Å². The van der Waals surface area contributed by atoms with Crippen molar-refractivity contribution in [2.45, 2.75) is 0 Å². The van der Waals surface area contributed by atoms with E-state index >= 15 is 0 Å². The number of hydrogen-bond acceptors (Lipinski definition) is 4. The number of benzene rings is 7. The number of fused-ring (bicyclic) bond motifs is 7. The zero-order valence-electron chi connectivity index (χ0n) is 33.1. The van der Waals surface area contributed by atoms with Gasteiger partial charge in [0.15, 0.2) is 11.6 Å². The molecule has 0 bridgehead atoms. The van der Waals surface area contributed by atoms with Crippen molar-refractivity contribution in [2.24, 2.45) is 0 Å². The Hall–Kier alpha value is -6.59. The van der Waals surface area contributed by atoms with Crippen molar-refractivity contribution in [3.63, 3.8) is 0 Å². The Morgan fingerprint density at radius 1 is 0.458 bits per heavy atom. The average Bonchev–Trinajstić information content (AvgIpc) is 3.80. The Kier molecular flexibility index (Phi) is 4.32. The fourth-order valence-electron chi connectivity index (χ4n) is 6.39. The third-order valence-electron chi connectivity index (χ3n) is 8.72. The summed E-state index contributed by atoms with van der Waals surface area (Å²) in [7, 11) is 0. The first-order valence-electron chi connectivity index (χ1n) is 19.4. The summed E-state index contributed by atoms with van der Waals surface area (Å²) in [4.78, 5) is 14.6. The summed E-state index contributed by atoms with van der Waals surface area (Å²) in [6, 6.07) is 31.6. The highest BCUT2D eigenvalue weighted by atomic mass is 16.3. The van der Waals surface area contributed by atoms with Crippen LogP contribution in [0.3, 0.4) is 0 Å².